The number of piperidine rings is 1. The number of aliphatic hydroxyl groups excluding tert-OH is 1. The average molecular weight is 434 g/mol. The summed E-state index contributed by atoms with van der Waals surface area (Å²) >= 11 is 0. The van der Waals surface area contributed by atoms with Gasteiger partial charge < -0.3 is 15.2 Å². The standard InChI is InChI=1S/C27H47NO3/c1-17(7-10-23(30)31-25(2,3)4)19-8-9-20-24-21(11-12-27(19,20)6)26(5)13-14-28-16-18(26)15-22(24)29/h17-22,24,28-29H,7-16H2,1-6H3/t17-,18-,19-,20+,21+,22+,24+,26+,27-/m1/s1. The molecule has 1 saturated heterocycles. The van der Waals surface area contributed by atoms with Gasteiger partial charge in [-0.1, -0.05) is 20.8 Å². The number of esters is 1. The van der Waals surface area contributed by atoms with Crippen molar-refractivity contribution in [1.29, 1.82) is 0 Å². The SMILES string of the molecule is C[C@H](CCC(=O)OC(C)(C)C)[C@H]1CC[C@H]2[C@@H]3[C@@H](O)C[C@@H]4CNCC[C@]4(C)[C@H]3CC[C@]12C. The molecule has 0 unspecified atom stereocenters. The van der Waals surface area contributed by atoms with E-state index in [9.17, 15) is 9.90 Å². The predicted octanol–water partition coefficient (Wildman–Crippen LogP) is 5.18. The second kappa shape index (κ2) is 8.31. The third kappa shape index (κ3) is 4.21. The molecule has 0 aromatic carbocycles. The third-order valence-electron chi connectivity index (χ3n) is 10.3. The number of hydrogen-bond donors (Lipinski definition) is 2. The van der Waals surface area contributed by atoms with E-state index in [0.717, 1.165) is 25.9 Å². The molecule has 1 heterocycles. The minimum atomic E-state index is -0.400. The molecule has 4 fully saturated rings. The largest absolute Gasteiger partial charge is 0.460 e. The number of ether oxygens (including phenoxy) is 1. The van der Waals surface area contributed by atoms with Gasteiger partial charge in [0, 0.05) is 6.42 Å². The van der Waals surface area contributed by atoms with E-state index >= 15 is 0 Å². The molecule has 4 heteroatoms. The molecule has 0 bridgehead atoms. The molecule has 0 amide bonds. The smallest absolute Gasteiger partial charge is 0.306 e. The van der Waals surface area contributed by atoms with Crippen molar-refractivity contribution in [2.75, 3.05) is 13.1 Å². The van der Waals surface area contributed by atoms with Gasteiger partial charge in [0.15, 0.2) is 0 Å². The Kier molecular flexibility index (Phi) is 6.31. The molecule has 4 nitrogen and oxygen atoms in total. The van der Waals surface area contributed by atoms with Crippen LogP contribution in [0.25, 0.3) is 0 Å². The number of aliphatic hydroxyl groups is 1. The maximum Gasteiger partial charge on any atom is 0.306 e. The summed E-state index contributed by atoms with van der Waals surface area (Å²) < 4.78 is 5.55. The topological polar surface area (TPSA) is 58.6 Å². The Morgan fingerprint density at radius 1 is 1.13 bits per heavy atom. The van der Waals surface area contributed by atoms with E-state index in [4.69, 9.17) is 4.74 Å². The van der Waals surface area contributed by atoms with Crippen LogP contribution in [0, 0.1) is 46.3 Å². The van der Waals surface area contributed by atoms with Gasteiger partial charge in [0.05, 0.1) is 6.10 Å². The van der Waals surface area contributed by atoms with Crippen LogP contribution in [0.1, 0.15) is 92.9 Å². The van der Waals surface area contributed by atoms with Crippen molar-refractivity contribution in [1.82, 2.24) is 5.32 Å². The molecule has 178 valence electrons. The van der Waals surface area contributed by atoms with E-state index in [2.05, 4.69) is 26.1 Å². The number of fused-ring (bicyclic) bond motifs is 5. The van der Waals surface area contributed by atoms with Crippen LogP contribution in [0.15, 0.2) is 0 Å². The van der Waals surface area contributed by atoms with Crippen LogP contribution in [0.4, 0.5) is 0 Å². The van der Waals surface area contributed by atoms with E-state index in [-0.39, 0.29) is 12.1 Å². The van der Waals surface area contributed by atoms with Crippen molar-refractivity contribution in [3.05, 3.63) is 0 Å². The van der Waals surface area contributed by atoms with Crippen LogP contribution in [-0.4, -0.2) is 35.9 Å². The monoisotopic (exact) mass is 433 g/mol. The summed E-state index contributed by atoms with van der Waals surface area (Å²) in [7, 11) is 0. The lowest BCUT2D eigenvalue weighted by molar-refractivity contribution is -0.161. The lowest BCUT2D eigenvalue weighted by Gasteiger charge is -2.62. The Morgan fingerprint density at radius 3 is 2.55 bits per heavy atom. The van der Waals surface area contributed by atoms with Gasteiger partial charge in [-0.2, -0.15) is 0 Å². The second-order valence-corrected chi connectivity index (χ2v) is 13.1. The van der Waals surface area contributed by atoms with Crippen molar-refractivity contribution in [3.63, 3.8) is 0 Å². The van der Waals surface area contributed by atoms with Gasteiger partial charge >= 0.3 is 5.97 Å². The lowest BCUT2D eigenvalue weighted by atomic mass is 9.45. The highest BCUT2D eigenvalue weighted by Gasteiger charge is 2.62. The van der Waals surface area contributed by atoms with Crippen molar-refractivity contribution in [2.24, 2.45) is 46.3 Å². The Morgan fingerprint density at radius 2 is 1.84 bits per heavy atom. The number of rotatable bonds is 4. The first kappa shape index (κ1) is 23.5. The van der Waals surface area contributed by atoms with E-state index < -0.39 is 5.60 Å². The van der Waals surface area contributed by atoms with Crippen LogP contribution >= 0.6 is 0 Å². The lowest BCUT2D eigenvalue weighted by Crippen LogP contribution is -2.60. The molecule has 4 aliphatic rings. The van der Waals surface area contributed by atoms with Gasteiger partial charge in [0.1, 0.15) is 5.60 Å². The highest BCUT2D eigenvalue weighted by molar-refractivity contribution is 5.69. The average Bonchev–Trinajstić information content (AvgIpc) is 3.02. The summed E-state index contributed by atoms with van der Waals surface area (Å²) in [5.74, 6) is 3.55. The molecule has 0 radical (unpaired) electrons. The van der Waals surface area contributed by atoms with Gasteiger partial charge in [0.25, 0.3) is 0 Å². The van der Waals surface area contributed by atoms with Crippen molar-refractivity contribution >= 4 is 5.97 Å². The Labute approximate surface area is 190 Å². The third-order valence-corrected chi connectivity index (χ3v) is 10.3. The Hall–Kier alpha value is -0.610. The van der Waals surface area contributed by atoms with Gasteiger partial charge in [-0.3, -0.25) is 4.79 Å². The molecular formula is C27H47NO3. The van der Waals surface area contributed by atoms with Gasteiger partial charge in [0.2, 0.25) is 0 Å². The highest BCUT2D eigenvalue weighted by atomic mass is 16.6. The van der Waals surface area contributed by atoms with Crippen LogP contribution in [0.2, 0.25) is 0 Å². The molecular weight excluding hydrogens is 386 g/mol. The van der Waals surface area contributed by atoms with Crippen molar-refractivity contribution in [2.45, 2.75) is 105 Å². The summed E-state index contributed by atoms with van der Waals surface area (Å²) in [5, 5.41) is 14.9. The fraction of sp³-hybridized carbons (Fsp3) is 0.963. The molecule has 1 aliphatic heterocycles. The molecule has 2 N–H and O–H groups in total. The van der Waals surface area contributed by atoms with E-state index in [0.29, 0.717) is 52.8 Å². The highest BCUT2D eigenvalue weighted by Crippen LogP contribution is 2.67. The van der Waals surface area contributed by atoms with Crippen molar-refractivity contribution in [3.8, 4) is 0 Å². The minimum Gasteiger partial charge on any atom is -0.460 e. The predicted molar refractivity (Wildman–Crippen MR) is 124 cm³/mol. The molecule has 0 aromatic rings. The molecule has 9 atom stereocenters. The number of nitrogens with one attached hydrogen (secondary N) is 1. The van der Waals surface area contributed by atoms with E-state index in [1.54, 1.807) is 0 Å². The van der Waals surface area contributed by atoms with Gasteiger partial charge in [-0.15, -0.1) is 0 Å². The molecule has 3 saturated carbocycles. The van der Waals surface area contributed by atoms with Crippen molar-refractivity contribution < 1.29 is 14.6 Å². The summed E-state index contributed by atoms with van der Waals surface area (Å²) in [6.07, 6.45) is 8.65. The Bertz CT molecular complexity index is 672. The zero-order valence-electron chi connectivity index (χ0n) is 20.9. The quantitative estimate of drug-likeness (QED) is 0.600. The number of carbonyl (C=O) groups excluding carboxylic acids is 1. The molecule has 0 aromatic heterocycles. The van der Waals surface area contributed by atoms with Crippen LogP contribution in [0.5, 0.6) is 0 Å². The summed E-state index contributed by atoms with van der Waals surface area (Å²) in [4.78, 5) is 12.3. The zero-order chi connectivity index (χ0) is 22.6. The summed E-state index contributed by atoms with van der Waals surface area (Å²) in [5.41, 5.74) is 0.311. The first-order valence-corrected chi connectivity index (χ1v) is 13.1. The zero-order valence-corrected chi connectivity index (χ0v) is 20.9. The minimum absolute atomic E-state index is 0.0599. The normalized spacial score (nSPS) is 45.9. The fourth-order valence-electron chi connectivity index (χ4n) is 8.78. The van der Waals surface area contributed by atoms with Crippen LogP contribution in [-0.2, 0) is 9.53 Å². The van der Waals surface area contributed by atoms with Crippen LogP contribution in [0.3, 0.4) is 0 Å². The van der Waals surface area contributed by atoms with E-state index in [1.807, 2.05) is 20.8 Å². The van der Waals surface area contributed by atoms with Gasteiger partial charge in [-0.25, -0.2) is 0 Å². The molecule has 31 heavy (non-hydrogen) atoms. The van der Waals surface area contributed by atoms with Gasteiger partial charge in [-0.05, 0) is 125 Å². The molecule has 0 spiro atoms. The molecule has 3 aliphatic carbocycles. The molecule has 4 rings (SSSR count). The summed E-state index contributed by atoms with van der Waals surface area (Å²) in [6, 6.07) is 0. The first-order valence-electron chi connectivity index (χ1n) is 13.1. The van der Waals surface area contributed by atoms with Crippen LogP contribution < -0.4 is 5.32 Å². The number of hydrogen-bond acceptors (Lipinski definition) is 4. The van der Waals surface area contributed by atoms with E-state index in [1.165, 1.54) is 32.1 Å². The Balaban J connectivity index is 1.45. The number of carbonyl (C=O) groups is 1. The second-order valence-electron chi connectivity index (χ2n) is 13.1. The maximum absolute atomic E-state index is 12.3. The fourth-order valence-corrected chi connectivity index (χ4v) is 8.78. The first-order chi connectivity index (χ1) is 14.5. The maximum atomic E-state index is 12.3. The summed E-state index contributed by atoms with van der Waals surface area (Å²) in [6.45, 7) is 15.5.